The summed E-state index contributed by atoms with van der Waals surface area (Å²) in [5.74, 6) is -3.22. The minimum absolute atomic E-state index is 0.0832. The van der Waals surface area contributed by atoms with Crippen molar-refractivity contribution < 1.29 is 27.2 Å². The molecule has 1 aromatic rings. The normalized spacial score (nSPS) is 10.8. The van der Waals surface area contributed by atoms with Gasteiger partial charge < -0.3 is 10.6 Å². The van der Waals surface area contributed by atoms with Gasteiger partial charge in [0.2, 0.25) is 5.91 Å². The maximum Gasteiger partial charge on any atom is 0.416 e. The summed E-state index contributed by atoms with van der Waals surface area (Å²) in [6, 6.07) is 2.28. The van der Waals surface area contributed by atoms with E-state index in [0.717, 1.165) is 19.1 Å². The fourth-order valence-corrected chi connectivity index (χ4v) is 1.31. The summed E-state index contributed by atoms with van der Waals surface area (Å²) < 4.78 is 50.3. The number of hydrogen-bond donors (Lipinski definition) is 2. The van der Waals surface area contributed by atoms with Crippen LogP contribution in [0.5, 0.6) is 0 Å². The molecule has 108 valence electrons. The van der Waals surface area contributed by atoms with Crippen LogP contribution < -0.4 is 10.6 Å². The maximum absolute atomic E-state index is 12.6. The zero-order chi connectivity index (χ0) is 15.5. The minimum atomic E-state index is -4.64. The molecule has 1 rings (SSSR count). The van der Waals surface area contributed by atoms with Gasteiger partial charge in [0.15, 0.2) is 5.83 Å². The van der Waals surface area contributed by atoms with Crippen LogP contribution in [0.2, 0.25) is 0 Å². The van der Waals surface area contributed by atoms with E-state index in [-0.39, 0.29) is 11.4 Å². The number of carbonyl (C=O) groups is 2. The molecule has 0 aromatic heterocycles. The van der Waals surface area contributed by atoms with E-state index in [0.29, 0.717) is 6.07 Å². The van der Waals surface area contributed by atoms with Gasteiger partial charge in [-0.2, -0.15) is 13.2 Å². The highest BCUT2D eigenvalue weighted by Crippen LogP contribution is 2.34. The highest BCUT2D eigenvalue weighted by molar-refractivity contribution is 6.05. The molecule has 0 aliphatic carbocycles. The predicted octanol–water partition coefficient (Wildman–Crippen LogP) is 3.09. The molecule has 0 fully saturated rings. The van der Waals surface area contributed by atoms with E-state index < -0.39 is 29.4 Å². The smallest absolute Gasteiger partial charge is 0.325 e. The molecule has 2 amide bonds. The molecule has 0 aliphatic heterocycles. The molecule has 8 heteroatoms. The van der Waals surface area contributed by atoms with Gasteiger partial charge in [-0.1, -0.05) is 6.58 Å². The molecule has 0 unspecified atom stereocenters. The van der Waals surface area contributed by atoms with Crippen molar-refractivity contribution in [2.45, 2.75) is 13.1 Å². The fraction of sp³-hybridized carbons (Fsp3) is 0.167. The van der Waals surface area contributed by atoms with E-state index in [1.54, 1.807) is 0 Å². The van der Waals surface area contributed by atoms with E-state index in [1.165, 1.54) is 0 Å². The first-order valence-electron chi connectivity index (χ1n) is 5.26. The van der Waals surface area contributed by atoms with Crippen LogP contribution in [-0.4, -0.2) is 11.8 Å². The summed E-state index contributed by atoms with van der Waals surface area (Å²) >= 11 is 0. The summed E-state index contributed by atoms with van der Waals surface area (Å²) in [6.45, 7) is 3.86. The standard InChI is InChI=1S/C12H10F4N2O2/c1-6(13)11(20)18-10-5-8(12(14,15)16)3-4-9(10)17-7(2)19/h3-5H,1H2,2H3,(H,17,19)(H,18,20). The van der Waals surface area contributed by atoms with Gasteiger partial charge in [0, 0.05) is 6.92 Å². The first-order valence-corrected chi connectivity index (χ1v) is 5.26. The summed E-state index contributed by atoms with van der Waals surface area (Å²) in [5.41, 5.74) is -1.51. The zero-order valence-corrected chi connectivity index (χ0v) is 10.3. The van der Waals surface area contributed by atoms with Crippen LogP contribution in [0, 0.1) is 0 Å². The van der Waals surface area contributed by atoms with Crippen molar-refractivity contribution in [3.63, 3.8) is 0 Å². The molecule has 2 N–H and O–H groups in total. The van der Waals surface area contributed by atoms with Gasteiger partial charge >= 0.3 is 6.18 Å². The first-order chi connectivity index (χ1) is 9.11. The molecule has 0 saturated heterocycles. The lowest BCUT2D eigenvalue weighted by atomic mass is 10.1. The van der Waals surface area contributed by atoms with E-state index in [9.17, 15) is 27.2 Å². The van der Waals surface area contributed by atoms with Crippen molar-refractivity contribution >= 4 is 23.2 Å². The number of hydrogen-bond acceptors (Lipinski definition) is 2. The number of anilines is 2. The number of benzene rings is 1. The summed E-state index contributed by atoms with van der Waals surface area (Å²) in [7, 11) is 0. The average molecular weight is 290 g/mol. The van der Waals surface area contributed by atoms with Crippen LogP contribution in [-0.2, 0) is 15.8 Å². The number of nitrogens with one attached hydrogen (secondary N) is 2. The van der Waals surface area contributed by atoms with Gasteiger partial charge in [0.1, 0.15) is 0 Å². The highest BCUT2D eigenvalue weighted by Gasteiger charge is 2.31. The Morgan fingerprint density at radius 3 is 2.20 bits per heavy atom. The molecule has 0 saturated carbocycles. The minimum Gasteiger partial charge on any atom is -0.325 e. The van der Waals surface area contributed by atoms with E-state index in [1.807, 2.05) is 5.32 Å². The lowest BCUT2D eigenvalue weighted by molar-refractivity contribution is -0.137. The molecule has 20 heavy (non-hydrogen) atoms. The number of alkyl halides is 3. The van der Waals surface area contributed by atoms with Crippen LogP contribution in [0.1, 0.15) is 12.5 Å². The number of amides is 2. The molecule has 1 aromatic carbocycles. The van der Waals surface area contributed by atoms with E-state index in [2.05, 4.69) is 11.9 Å². The third-order valence-corrected chi connectivity index (χ3v) is 2.15. The highest BCUT2D eigenvalue weighted by atomic mass is 19.4. The second kappa shape index (κ2) is 5.72. The summed E-state index contributed by atoms with van der Waals surface area (Å²) in [6.07, 6.45) is -4.64. The Morgan fingerprint density at radius 1 is 1.15 bits per heavy atom. The quantitative estimate of drug-likeness (QED) is 0.664. The number of carbonyl (C=O) groups excluding carboxylic acids is 2. The van der Waals surface area contributed by atoms with Crippen LogP contribution in [0.4, 0.5) is 28.9 Å². The molecule has 0 heterocycles. The third-order valence-electron chi connectivity index (χ3n) is 2.15. The Balaban J connectivity index is 3.22. The first kappa shape index (κ1) is 15.7. The maximum atomic E-state index is 12.6. The molecule has 0 aliphatic rings. The van der Waals surface area contributed by atoms with E-state index in [4.69, 9.17) is 0 Å². The average Bonchev–Trinajstić information content (AvgIpc) is 2.28. The SMILES string of the molecule is C=C(F)C(=O)Nc1cc(C(F)(F)F)ccc1NC(C)=O. The lowest BCUT2D eigenvalue weighted by Gasteiger charge is -2.14. The molecular formula is C12H10F4N2O2. The van der Waals surface area contributed by atoms with Crippen molar-refractivity contribution in [2.24, 2.45) is 0 Å². The zero-order valence-electron chi connectivity index (χ0n) is 10.3. The Morgan fingerprint density at radius 2 is 1.75 bits per heavy atom. The van der Waals surface area contributed by atoms with Crippen LogP contribution in [0.3, 0.4) is 0 Å². The monoisotopic (exact) mass is 290 g/mol. The van der Waals surface area contributed by atoms with Gasteiger partial charge in [-0.3, -0.25) is 9.59 Å². The number of halogens is 4. The van der Waals surface area contributed by atoms with Crippen molar-refractivity contribution in [2.75, 3.05) is 10.6 Å². The van der Waals surface area contributed by atoms with Gasteiger partial charge in [-0.15, -0.1) is 0 Å². The van der Waals surface area contributed by atoms with Crippen molar-refractivity contribution in [3.8, 4) is 0 Å². The Hall–Kier alpha value is -2.38. The van der Waals surface area contributed by atoms with Gasteiger partial charge in [0.25, 0.3) is 5.91 Å². The van der Waals surface area contributed by atoms with E-state index >= 15 is 0 Å². The molecule has 0 bridgehead atoms. The van der Waals surface area contributed by atoms with Crippen molar-refractivity contribution in [3.05, 3.63) is 36.2 Å². The fourth-order valence-electron chi connectivity index (χ4n) is 1.31. The third kappa shape index (κ3) is 4.08. The van der Waals surface area contributed by atoms with Gasteiger partial charge in [0.05, 0.1) is 16.9 Å². The topological polar surface area (TPSA) is 58.2 Å². The molecular weight excluding hydrogens is 280 g/mol. The Bertz CT molecular complexity index is 567. The van der Waals surface area contributed by atoms with Gasteiger partial charge in [-0.25, -0.2) is 4.39 Å². The summed E-state index contributed by atoms with van der Waals surface area (Å²) in [4.78, 5) is 22.1. The van der Waals surface area contributed by atoms with Crippen LogP contribution >= 0.6 is 0 Å². The Kier molecular flexibility index (Phi) is 4.49. The van der Waals surface area contributed by atoms with Crippen molar-refractivity contribution in [1.29, 1.82) is 0 Å². The van der Waals surface area contributed by atoms with Gasteiger partial charge in [-0.05, 0) is 18.2 Å². The predicted molar refractivity (Wildman–Crippen MR) is 64.6 cm³/mol. The van der Waals surface area contributed by atoms with Crippen molar-refractivity contribution in [1.82, 2.24) is 0 Å². The van der Waals surface area contributed by atoms with Crippen LogP contribution in [0.25, 0.3) is 0 Å². The number of rotatable bonds is 3. The Labute approximate surface area is 111 Å². The molecule has 0 spiro atoms. The molecule has 0 atom stereocenters. The van der Waals surface area contributed by atoms with Crippen LogP contribution in [0.15, 0.2) is 30.6 Å². The lowest BCUT2D eigenvalue weighted by Crippen LogP contribution is -2.16. The largest absolute Gasteiger partial charge is 0.416 e. The second-order valence-corrected chi connectivity index (χ2v) is 3.80. The second-order valence-electron chi connectivity index (χ2n) is 3.80. The molecule has 4 nitrogen and oxygen atoms in total. The molecule has 0 radical (unpaired) electrons. The summed E-state index contributed by atoms with van der Waals surface area (Å²) in [5, 5.41) is 4.12.